The topological polar surface area (TPSA) is 69.7 Å². The van der Waals surface area contributed by atoms with Gasteiger partial charge in [0.2, 0.25) is 0 Å². The number of esters is 1. The van der Waals surface area contributed by atoms with Crippen LogP contribution in [0.2, 0.25) is 0 Å². The maximum absolute atomic E-state index is 12.3. The molecule has 0 aromatic rings. The summed E-state index contributed by atoms with van der Waals surface area (Å²) >= 11 is 0. The van der Waals surface area contributed by atoms with Crippen LogP contribution in [-0.2, 0) is 23.8 Å². The predicted octanol–water partition coefficient (Wildman–Crippen LogP) is 3.15. The molecule has 0 heterocycles. The number of hydrogen-bond acceptors (Lipinski definition) is 5. The van der Waals surface area contributed by atoms with E-state index in [1.807, 2.05) is 0 Å². The number of hydrogen-bond donors (Lipinski definition) is 0. The van der Waals surface area contributed by atoms with E-state index in [0.29, 0.717) is 25.7 Å². The molecule has 0 amide bonds. The summed E-state index contributed by atoms with van der Waals surface area (Å²) in [6, 6.07) is 0. The van der Waals surface area contributed by atoms with Crippen LogP contribution >= 0.6 is 0 Å². The van der Waals surface area contributed by atoms with Crippen LogP contribution in [0.1, 0.15) is 51.9 Å². The van der Waals surface area contributed by atoms with Gasteiger partial charge < -0.3 is 4.74 Å². The molecule has 5 nitrogen and oxygen atoms in total. The standard InChI is InChI=1S/C13H21F3O5S/c1-11(17)20-9-5-8-12(6-3-2-4-7-12)10-21-22(18,19)13(14,15)16/h2-10H2,1H3. The fourth-order valence-corrected chi connectivity index (χ4v) is 3.24. The summed E-state index contributed by atoms with van der Waals surface area (Å²) in [6.07, 6.45) is 4.77. The fraction of sp³-hybridized carbons (Fsp3) is 0.923. The summed E-state index contributed by atoms with van der Waals surface area (Å²) in [7, 11) is -5.56. The zero-order chi connectivity index (χ0) is 16.9. The van der Waals surface area contributed by atoms with E-state index in [2.05, 4.69) is 4.18 Å². The molecule has 0 aromatic carbocycles. The molecule has 1 aliphatic carbocycles. The number of alkyl halides is 3. The molecule has 0 unspecified atom stereocenters. The van der Waals surface area contributed by atoms with Gasteiger partial charge in [-0.25, -0.2) is 0 Å². The van der Waals surface area contributed by atoms with Gasteiger partial charge >= 0.3 is 21.6 Å². The summed E-state index contributed by atoms with van der Waals surface area (Å²) < 4.78 is 68.1. The van der Waals surface area contributed by atoms with E-state index in [0.717, 1.165) is 19.3 Å². The third kappa shape index (κ3) is 5.75. The van der Waals surface area contributed by atoms with Gasteiger partial charge in [-0.2, -0.15) is 21.6 Å². The lowest BCUT2D eigenvalue weighted by Crippen LogP contribution is -2.34. The summed E-state index contributed by atoms with van der Waals surface area (Å²) in [5, 5.41) is 0. The Labute approximate surface area is 128 Å². The third-order valence-electron chi connectivity index (χ3n) is 3.87. The summed E-state index contributed by atoms with van der Waals surface area (Å²) in [5.41, 5.74) is -6.00. The minimum atomic E-state index is -5.56. The van der Waals surface area contributed by atoms with Crippen molar-refractivity contribution in [2.24, 2.45) is 5.41 Å². The molecule has 0 saturated heterocycles. The molecule has 0 atom stereocenters. The van der Waals surface area contributed by atoms with Crippen molar-refractivity contribution < 1.29 is 35.3 Å². The first-order valence-corrected chi connectivity index (χ1v) is 8.58. The second-order valence-corrected chi connectivity index (χ2v) is 7.27. The highest BCUT2D eigenvalue weighted by Crippen LogP contribution is 2.41. The van der Waals surface area contributed by atoms with Gasteiger partial charge in [-0.1, -0.05) is 19.3 Å². The van der Waals surface area contributed by atoms with Crippen molar-refractivity contribution in [1.29, 1.82) is 0 Å². The molecule has 0 spiro atoms. The van der Waals surface area contributed by atoms with Gasteiger partial charge in [0.1, 0.15) is 0 Å². The average Bonchev–Trinajstić information content (AvgIpc) is 2.41. The second-order valence-electron chi connectivity index (χ2n) is 5.67. The Bertz CT molecular complexity index is 467. The van der Waals surface area contributed by atoms with Crippen LogP contribution in [0.3, 0.4) is 0 Å². The van der Waals surface area contributed by atoms with E-state index in [-0.39, 0.29) is 6.61 Å². The van der Waals surface area contributed by atoms with Crippen LogP contribution in [0.25, 0.3) is 0 Å². The van der Waals surface area contributed by atoms with Crippen LogP contribution in [0.4, 0.5) is 13.2 Å². The Morgan fingerprint density at radius 2 is 1.77 bits per heavy atom. The Hall–Kier alpha value is -0.830. The highest BCUT2D eigenvalue weighted by molar-refractivity contribution is 7.87. The zero-order valence-electron chi connectivity index (χ0n) is 12.4. The smallest absolute Gasteiger partial charge is 0.466 e. The average molecular weight is 346 g/mol. The molecule has 0 radical (unpaired) electrons. The molecular formula is C13H21F3O5S. The third-order valence-corrected chi connectivity index (χ3v) is 4.87. The van der Waals surface area contributed by atoms with Crippen molar-refractivity contribution in [2.45, 2.75) is 57.4 Å². The molecule has 0 bridgehead atoms. The van der Waals surface area contributed by atoms with Crippen LogP contribution in [-0.4, -0.2) is 33.1 Å². The normalized spacial score (nSPS) is 18.9. The van der Waals surface area contributed by atoms with Crippen molar-refractivity contribution in [3.63, 3.8) is 0 Å². The molecule has 1 rings (SSSR count). The minimum Gasteiger partial charge on any atom is -0.466 e. The predicted molar refractivity (Wildman–Crippen MR) is 72.3 cm³/mol. The van der Waals surface area contributed by atoms with E-state index in [1.54, 1.807) is 0 Å². The summed E-state index contributed by atoms with van der Waals surface area (Å²) in [5.74, 6) is -0.423. The van der Waals surface area contributed by atoms with Crippen molar-refractivity contribution in [3.8, 4) is 0 Å². The molecule has 22 heavy (non-hydrogen) atoms. The van der Waals surface area contributed by atoms with Gasteiger partial charge in [-0.05, 0) is 31.1 Å². The van der Waals surface area contributed by atoms with E-state index in [4.69, 9.17) is 4.74 Å². The largest absolute Gasteiger partial charge is 0.523 e. The monoisotopic (exact) mass is 346 g/mol. The van der Waals surface area contributed by atoms with Crippen molar-refractivity contribution >= 4 is 16.1 Å². The maximum atomic E-state index is 12.3. The van der Waals surface area contributed by atoms with Crippen LogP contribution in [0.15, 0.2) is 0 Å². The molecular weight excluding hydrogens is 325 g/mol. The fourth-order valence-electron chi connectivity index (χ4n) is 2.70. The molecule has 9 heteroatoms. The number of carbonyl (C=O) groups excluding carboxylic acids is 1. The number of halogens is 3. The van der Waals surface area contributed by atoms with Gasteiger partial charge in [-0.3, -0.25) is 8.98 Å². The minimum absolute atomic E-state index is 0.170. The lowest BCUT2D eigenvalue weighted by Gasteiger charge is -2.36. The Balaban J connectivity index is 2.62. The highest BCUT2D eigenvalue weighted by Gasteiger charge is 2.48. The first-order valence-electron chi connectivity index (χ1n) is 7.17. The summed E-state index contributed by atoms with van der Waals surface area (Å²) in [4.78, 5) is 10.7. The quantitative estimate of drug-likeness (QED) is 0.306. The van der Waals surface area contributed by atoms with Gasteiger partial charge in [0, 0.05) is 6.92 Å². The van der Waals surface area contributed by atoms with E-state index < -0.39 is 33.6 Å². The van der Waals surface area contributed by atoms with E-state index >= 15 is 0 Å². The van der Waals surface area contributed by atoms with Crippen LogP contribution in [0.5, 0.6) is 0 Å². The van der Waals surface area contributed by atoms with Crippen molar-refractivity contribution in [2.75, 3.05) is 13.2 Å². The first kappa shape index (κ1) is 19.2. The SMILES string of the molecule is CC(=O)OCCCC1(COS(=O)(=O)C(F)(F)F)CCCCC1. The molecule has 0 N–H and O–H groups in total. The van der Waals surface area contributed by atoms with Gasteiger partial charge in [0.15, 0.2) is 0 Å². The van der Waals surface area contributed by atoms with Gasteiger partial charge in [0.05, 0.1) is 13.2 Å². The number of ether oxygens (including phenoxy) is 1. The summed E-state index contributed by atoms with van der Waals surface area (Å²) in [6.45, 7) is 0.966. The van der Waals surface area contributed by atoms with Gasteiger partial charge in [0.25, 0.3) is 0 Å². The number of rotatable bonds is 7. The van der Waals surface area contributed by atoms with Crippen LogP contribution in [0, 0.1) is 5.41 Å². The number of carbonyl (C=O) groups is 1. The lowest BCUT2D eigenvalue weighted by molar-refractivity contribution is -0.141. The Kier molecular flexibility index (Phi) is 6.66. The molecule has 0 aromatic heterocycles. The first-order chi connectivity index (χ1) is 10.1. The van der Waals surface area contributed by atoms with Crippen molar-refractivity contribution in [3.05, 3.63) is 0 Å². The molecule has 1 aliphatic rings. The maximum Gasteiger partial charge on any atom is 0.523 e. The zero-order valence-corrected chi connectivity index (χ0v) is 13.3. The van der Waals surface area contributed by atoms with Crippen LogP contribution < -0.4 is 0 Å². The molecule has 0 aliphatic heterocycles. The molecule has 1 saturated carbocycles. The molecule has 130 valence electrons. The van der Waals surface area contributed by atoms with E-state index in [1.165, 1.54) is 6.92 Å². The van der Waals surface area contributed by atoms with Gasteiger partial charge in [-0.15, -0.1) is 0 Å². The Morgan fingerprint density at radius 1 is 1.18 bits per heavy atom. The molecule has 1 fully saturated rings. The van der Waals surface area contributed by atoms with Crippen molar-refractivity contribution in [1.82, 2.24) is 0 Å². The van der Waals surface area contributed by atoms with E-state index in [9.17, 15) is 26.4 Å². The highest BCUT2D eigenvalue weighted by atomic mass is 32.2. The lowest BCUT2D eigenvalue weighted by atomic mass is 9.72. The Morgan fingerprint density at radius 3 is 2.27 bits per heavy atom. The second kappa shape index (κ2) is 7.63.